The molecule has 4 rings (SSSR count). The van der Waals surface area contributed by atoms with Crippen molar-refractivity contribution in [3.8, 4) is 5.75 Å². The third-order valence-electron chi connectivity index (χ3n) is 5.40. The molecule has 1 fully saturated rings. The molecule has 0 bridgehead atoms. The fourth-order valence-corrected chi connectivity index (χ4v) is 6.57. The van der Waals surface area contributed by atoms with E-state index in [1.807, 2.05) is 18.2 Å². The number of ether oxygens (including phenoxy) is 2. The van der Waals surface area contributed by atoms with Gasteiger partial charge in [-0.1, -0.05) is 18.2 Å². The van der Waals surface area contributed by atoms with Crippen molar-refractivity contribution >= 4 is 27.3 Å². The fraction of sp³-hybridized carbons (Fsp3) is 0.421. The summed E-state index contributed by atoms with van der Waals surface area (Å²) in [5.41, 5.74) is 0.902. The highest BCUT2D eigenvalue weighted by Crippen LogP contribution is 2.40. The van der Waals surface area contributed by atoms with E-state index in [-0.39, 0.29) is 15.4 Å². The first kappa shape index (κ1) is 18.5. The van der Waals surface area contributed by atoms with E-state index in [2.05, 4.69) is 6.07 Å². The summed E-state index contributed by atoms with van der Waals surface area (Å²) in [5, 5.41) is 1.60. The minimum Gasteiger partial charge on any atom is -0.487 e. The third-order valence-corrected chi connectivity index (χ3v) is 8.37. The number of hydrogen-bond donors (Lipinski definition) is 0. The number of methoxy groups -OCH3 is 1. The van der Waals surface area contributed by atoms with Crippen molar-refractivity contribution in [3.05, 3.63) is 46.2 Å². The summed E-state index contributed by atoms with van der Waals surface area (Å²) in [7, 11) is -2.48. The summed E-state index contributed by atoms with van der Waals surface area (Å²) < 4.78 is 38.5. The number of rotatable bonds is 3. The van der Waals surface area contributed by atoms with Crippen LogP contribution in [0.2, 0.25) is 0 Å². The number of nitrogens with zero attached hydrogens (tertiary/aromatic N) is 1. The molecule has 0 amide bonds. The van der Waals surface area contributed by atoms with E-state index in [4.69, 9.17) is 9.47 Å². The lowest BCUT2D eigenvalue weighted by molar-refractivity contribution is 0.00178. The van der Waals surface area contributed by atoms with Gasteiger partial charge in [0.05, 0.1) is 7.11 Å². The number of hydrogen-bond acceptors (Lipinski definition) is 6. The minimum absolute atomic E-state index is 0.0326. The van der Waals surface area contributed by atoms with Crippen molar-refractivity contribution in [3.63, 3.8) is 0 Å². The van der Waals surface area contributed by atoms with Gasteiger partial charge < -0.3 is 9.47 Å². The van der Waals surface area contributed by atoms with Gasteiger partial charge in [-0.2, -0.15) is 4.31 Å². The molecule has 144 valence electrons. The van der Waals surface area contributed by atoms with Crippen LogP contribution in [0.3, 0.4) is 0 Å². The van der Waals surface area contributed by atoms with Crippen LogP contribution in [0.4, 0.5) is 0 Å². The number of sulfonamides is 1. The van der Waals surface area contributed by atoms with Crippen molar-refractivity contribution < 1.29 is 22.7 Å². The molecule has 2 aromatic rings. The molecule has 0 aliphatic carbocycles. The summed E-state index contributed by atoms with van der Waals surface area (Å²) >= 11 is 1.08. The van der Waals surface area contributed by atoms with E-state index in [1.165, 1.54) is 23.0 Å². The van der Waals surface area contributed by atoms with E-state index in [9.17, 15) is 13.2 Å². The van der Waals surface area contributed by atoms with Gasteiger partial charge in [0.25, 0.3) is 0 Å². The molecule has 2 aliphatic rings. The van der Waals surface area contributed by atoms with Crippen LogP contribution in [0.5, 0.6) is 5.75 Å². The second-order valence-electron chi connectivity index (χ2n) is 6.90. The number of thiophene rings is 1. The monoisotopic (exact) mass is 407 g/mol. The Morgan fingerprint density at radius 3 is 2.67 bits per heavy atom. The normalized spacial score (nSPS) is 19.3. The van der Waals surface area contributed by atoms with Crippen LogP contribution in [0.15, 0.2) is 40.6 Å². The molecule has 3 heterocycles. The van der Waals surface area contributed by atoms with Gasteiger partial charge in [0.15, 0.2) is 0 Å². The van der Waals surface area contributed by atoms with Crippen LogP contribution in [-0.2, 0) is 21.2 Å². The maximum absolute atomic E-state index is 13.0. The SMILES string of the molecule is COC(=O)c1sccc1S(=O)(=O)N1CCC2(CCc3ccccc3O2)CC1. The molecule has 1 spiro atoms. The molecule has 1 aromatic carbocycles. The second-order valence-corrected chi connectivity index (χ2v) is 9.72. The Balaban J connectivity index is 1.51. The molecule has 1 saturated heterocycles. The molecular weight excluding hydrogens is 386 g/mol. The number of benzene rings is 1. The Kier molecular flexibility index (Phi) is 4.73. The molecule has 8 heteroatoms. The summed E-state index contributed by atoms with van der Waals surface area (Å²) in [4.78, 5) is 12.0. The van der Waals surface area contributed by atoms with Gasteiger partial charge in [0.2, 0.25) is 10.0 Å². The largest absolute Gasteiger partial charge is 0.487 e. The number of carbonyl (C=O) groups is 1. The first-order valence-corrected chi connectivity index (χ1v) is 11.2. The van der Waals surface area contributed by atoms with Crippen molar-refractivity contribution in [1.29, 1.82) is 0 Å². The van der Waals surface area contributed by atoms with E-state index in [0.29, 0.717) is 25.9 Å². The maximum Gasteiger partial charge on any atom is 0.349 e. The van der Waals surface area contributed by atoms with E-state index in [0.717, 1.165) is 29.9 Å². The lowest BCUT2D eigenvalue weighted by Gasteiger charge is -2.44. The number of fused-ring (bicyclic) bond motifs is 1. The zero-order valence-corrected chi connectivity index (χ0v) is 16.6. The Hall–Kier alpha value is -1.90. The molecule has 0 saturated carbocycles. The molecule has 6 nitrogen and oxygen atoms in total. The molecule has 0 N–H and O–H groups in total. The van der Waals surface area contributed by atoms with Crippen molar-refractivity contribution in [1.82, 2.24) is 4.31 Å². The highest BCUT2D eigenvalue weighted by molar-refractivity contribution is 7.89. The molecule has 27 heavy (non-hydrogen) atoms. The second kappa shape index (κ2) is 6.92. The zero-order valence-electron chi connectivity index (χ0n) is 15.0. The predicted octanol–water partition coefficient (Wildman–Crippen LogP) is 3.08. The quantitative estimate of drug-likeness (QED) is 0.731. The predicted molar refractivity (Wildman–Crippen MR) is 102 cm³/mol. The van der Waals surface area contributed by atoms with Gasteiger partial charge >= 0.3 is 5.97 Å². The van der Waals surface area contributed by atoms with E-state index in [1.54, 1.807) is 5.38 Å². The smallest absolute Gasteiger partial charge is 0.349 e. The summed E-state index contributed by atoms with van der Waals surface area (Å²) in [6.07, 6.45) is 3.11. The van der Waals surface area contributed by atoms with Gasteiger partial charge in [-0.15, -0.1) is 11.3 Å². The highest BCUT2D eigenvalue weighted by Gasteiger charge is 2.43. The first-order valence-electron chi connectivity index (χ1n) is 8.88. The van der Waals surface area contributed by atoms with Crippen LogP contribution in [0, 0.1) is 0 Å². The van der Waals surface area contributed by atoms with E-state index < -0.39 is 16.0 Å². The van der Waals surface area contributed by atoms with Crippen molar-refractivity contribution in [2.45, 2.75) is 36.2 Å². The first-order chi connectivity index (χ1) is 13.0. The van der Waals surface area contributed by atoms with Gasteiger partial charge in [-0.05, 0) is 35.9 Å². The van der Waals surface area contributed by atoms with Gasteiger partial charge in [0.1, 0.15) is 21.1 Å². The van der Waals surface area contributed by atoms with Gasteiger partial charge in [-0.25, -0.2) is 13.2 Å². The van der Waals surface area contributed by atoms with Gasteiger partial charge in [-0.3, -0.25) is 0 Å². The van der Waals surface area contributed by atoms with Crippen LogP contribution >= 0.6 is 11.3 Å². The molecule has 2 aliphatic heterocycles. The minimum atomic E-state index is -3.73. The molecular formula is C19H21NO5S2. The number of carbonyl (C=O) groups excluding carboxylic acids is 1. The lowest BCUT2D eigenvalue weighted by atomic mass is 9.84. The number of esters is 1. The zero-order chi connectivity index (χ0) is 19.1. The van der Waals surface area contributed by atoms with E-state index >= 15 is 0 Å². The number of piperidine rings is 1. The Morgan fingerprint density at radius 2 is 1.93 bits per heavy atom. The van der Waals surface area contributed by atoms with Crippen LogP contribution < -0.4 is 4.74 Å². The summed E-state index contributed by atoms with van der Waals surface area (Å²) in [6, 6.07) is 9.50. The lowest BCUT2D eigenvalue weighted by Crippen LogP contribution is -2.51. The van der Waals surface area contributed by atoms with Crippen LogP contribution in [-0.4, -0.2) is 44.5 Å². The third kappa shape index (κ3) is 3.26. The summed E-state index contributed by atoms with van der Waals surface area (Å²) in [6.45, 7) is 0.752. The molecule has 0 atom stereocenters. The van der Waals surface area contributed by atoms with Crippen molar-refractivity contribution in [2.24, 2.45) is 0 Å². The van der Waals surface area contributed by atoms with Crippen LogP contribution in [0.1, 0.15) is 34.5 Å². The highest BCUT2D eigenvalue weighted by atomic mass is 32.2. The maximum atomic E-state index is 13.0. The Bertz CT molecular complexity index is 958. The molecule has 0 unspecified atom stereocenters. The average Bonchev–Trinajstić information content (AvgIpc) is 3.18. The molecule has 0 radical (unpaired) electrons. The average molecular weight is 408 g/mol. The standard InChI is InChI=1S/C19H21NO5S2/c1-24-18(21)17-16(7-13-26-17)27(22,23)20-11-9-19(10-12-20)8-6-14-4-2-3-5-15(14)25-19/h2-5,7,13H,6,8-12H2,1H3. The molecule has 1 aromatic heterocycles. The number of para-hydroxylation sites is 1. The number of aryl methyl sites for hydroxylation is 1. The van der Waals surface area contributed by atoms with Crippen molar-refractivity contribution in [2.75, 3.05) is 20.2 Å². The van der Waals surface area contributed by atoms with Gasteiger partial charge in [0, 0.05) is 25.9 Å². The summed E-state index contributed by atoms with van der Waals surface area (Å²) in [5.74, 6) is 0.287. The van der Waals surface area contributed by atoms with Crippen LogP contribution in [0.25, 0.3) is 0 Å². The topological polar surface area (TPSA) is 72.9 Å². The Labute approximate surface area is 162 Å². The Morgan fingerprint density at radius 1 is 1.19 bits per heavy atom. The fourth-order valence-electron chi connectivity index (χ4n) is 3.82.